The van der Waals surface area contributed by atoms with E-state index in [1.54, 1.807) is 7.11 Å². The largest absolute Gasteiger partial charge is 0.497 e. The summed E-state index contributed by atoms with van der Waals surface area (Å²) in [4.78, 5) is 15.8. The number of hydrogen-bond donors (Lipinski definition) is 1. The maximum Gasteiger partial charge on any atom is 0.260 e. The number of ether oxygens (including phenoxy) is 2. The van der Waals surface area contributed by atoms with Gasteiger partial charge in [-0.1, -0.05) is 36.4 Å². The molecule has 2 aromatic rings. The highest BCUT2D eigenvalue weighted by Crippen LogP contribution is 2.16. The standard InChI is InChI=1S/C22H26N2O3/c1-26-20-9-11-21(12-10-20)27-18-22(25)24-16-14-23(15-17-24)13-5-8-19-6-3-2-4-7-19/h2-12H,13-18H2,1H3/p+1/b8-5+. The number of hydrogen-bond acceptors (Lipinski definition) is 3. The summed E-state index contributed by atoms with van der Waals surface area (Å²) in [5.41, 5.74) is 1.22. The summed E-state index contributed by atoms with van der Waals surface area (Å²) in [6.45, 7) is 4.55. The molecule has 1 aliphatic heterocycles. The summed E-state index contributed by atoms with van der Waals surface area (Å²) in [7, 11) is 1.62. The molecule has 0 saturated carbocycles. The molecule has 5 nitrogen and oxygen atoms in total. The lowest BCUT2D eigenvalue weighted by Gasteiger charge is -2.31. The van der Waals surface area contributed by atoms with Crippen molar-refractivity contribution in [1.29, 1.82) is 0 Å². The van der Waals surface area contributed by atoms with Crippen LogP contribution in [0.5, 0.6) is 11.5 Å². The van der Waals surface area contributed by atoms with E-state index in [0.717, 1.165) is 38.5 Å². The molecule has 0 atom stereocenters. The second-order valence-corrected chi connectivity index (χ2v) is 6.61. The Balaban J connectivity index is 1.37. The highest BCUT2D eigenvalue weighted by atomic mass is 16.5. The van der Waals surface area contributed by atoms with Gasteiger partial charge in [0.05, 0.1) is 39.8 Å². The number of rotatable bonds is 7. The van der Waals surface area contributed by atoms with Gasteiger partial charge in [-0.15, -0.1) is 0 Å². The van der Waals surface area contributed by atoms with Gasteiger partial charge in [-0.2, -0.15) is 0 Å². The smallest absolute Gasteiger partial charge is 0.260 e. The molecule has 0 spiro atoms. The monoisotopic (exact) mass is 367 g/mol. The molecule has 1 N–H and O–H groups in total. The van der Waals surface area contributed by atoms with Gasteiger partial charge in [0.1, 0.15) is 11.5 Å². The molecule has 3 rings (SSSR count). The number of quaternary nitrogens is 1. The number of nitrogens with one attached hydrogen (secondary N) is 1. The second kappa shape index (κ2) is 9.78. The van der Waals surface area contributed by atoms with Crippen LogP contribution < -0.4 is 14.4 Å². The van der Waals surface area contributed by atoms with Crippen LogP contribution in [0.15, 0.2) is 60.7 Å². The van der Waals surface area contributed by atoms with Gasteiger partial charge in [-0.25, -0.2) is 0 Å². The number of carbonyl (C=O) groups is 1. The number of benzene rings is 2. The fourth-order valence-electron chi connectivity index (χ4n) is 3.11. The van der Waals surface area contributed by atoms with E-state index in [0.29, 0.717) is 5.75 Å². The molecule has 1 amide bonds. The number of piperazine rings is 1. The first-order valence-corrected chi connectivity index (χ1v) is 9.34. The normalized spacial score (nSPS) is 15.1. The molecule has 0 aliphatic carbocycles. The van der Waals surface area contributed by atoms with Crippen molar-refractivity contribution in [2.24, 2.45) is 0 Å². The van der Waals surface area contributed by atoms with Gasteiger partial charge in [-0.3, -0.25) is 4.79 Å². The summed E-state index contributed by atoms with van der Waals surface area (Å²) in [5.74, 6) is 1.50. The summed E-state index contributed by atoms with van der Waals surface area (Å²) in [5, 5.41) is 0. The summed E-state index contributed by atoms with van der Waals surface area (Å²) in [6.07, 6.45) is 4.38. The Morgan fingerprint density at radius 3 is 2.37 bits per heavy atom. The maximum atomic E-state index is 12.4. The first-order chi connectivity index (χ1) is 13.2. The number of amides is 1. The lowest BCUT2D eigenvalue weighted by Crippen LogP contribution is -3.14. The molecule has 2 aromatic carbocycles. The maximum absolute atomic E-state index is 12.4. The Bertz CT molecular complexity index is 736. The van der Waals surface area contributed by atoms with Crippen LogP contribution in [0.4, 0.5) is 0 Å². The van der Waals surface area contributed by atoms with E-state index in [9.17, 15) is 4.79 Å². The number of nitrogens with zero attached hydrogens (tertiary/aromatic N) is 1. The Hall–Kier alpha value is -2.79. The minimum atomic E-state index is 0.0460. The molecule has 27 heavy (non-hydrogen) atoms. The molecule has 1 fully saturated rings. The molecule has 1 heterocycles. The van der Waals surface area contributed by atoms with Gasteiger partial charge in [0.2, 0.25) is 0 Å². The zero-order valence-electron chi connectivity index (χ0n) is 15.8. The van der Waals surface area contributed by atoms with Gasteiger partial charge in [-0.05, 0) is 35.9 Å². The summed E-state index contributed by atoms with van der Waals surface area (Å²) >= 11 is 0. The molecular weight excluding hydrogens is 340 g/mol. The average Bonchev–Trinajstić information content (AvgIpc) is 2.73. The third-order valence-corrected chi connectivity index (χ3v) is 4.76. The highest BCUT2D eigenvalue weighted by Gasteiger charge is 2.23. The van der Waals surface area contributed by atoms with Crippen molar-refractivity contribution in [3.8, 4) is 11.5 Å². The van der Waals surface area contributed by atoms with Crippen LogP contribution >= 0.6 is 0 Å². The van der Waals surface area contributed by atoms with Crippen LogP contribution in [0.1, 0.15) is 5.56 Å². The Kier molecular flexibility index (Phi) is 6.88. The Labute approximate surface area is 160 Å². The van der Waals surface area contributed by atoms with Crippen LogP contribution in [0.2, 0.25) is 0 Å². The van der Waals surface area contributed by atoms with Crippen LogP contribution in [-0.4, -0.2) is 57.2 Å². The fraction of sp³-hybridized carbons (Fsp3) is 0.318. The van der Waals surface area contributed by atoms with Crippen molar-refractivity contribution in [3.05, 3.63) is 66.2 Å². The van der Waals surface area contributed by atoms with Crippen LogP contribution in [0.25, 0.3) is 6.08 Å². The summed E-state index contributed by atoms with van der Waals surface area (Å²) < 4.78 is 10.7. The molecule has 142 valence electrons. The van der Waals surface area contributed by atoms with Crippen molar-refractivity contribution >= 4 is 12.0 Å². The number of methoxy groups -OCH3 is 1. The van der Waals surface area contributed by atoms with E-state index in [1.807, 2.05) is 47.4 Å². The van der Waals surface area contributed by atoms with Crippen molar-refractivity contribution in [3.63, 3.8) is 0 Å². The zero-order chi connectivity index (χ0) is 18.9. The first kappa shape index (κ1) is 19.0. The van der Waals surface area contributed by atoms with Crippen LogP contribution in [0, 0.1) is 0 Å². The van der Waals surface area contributed by atoms with Crippen molar-refractivity contribution in [1.82, 2.24) is 4.90 Å². The molecule has 0 bridgehead atoms. The van der Waals surface area contributed by atoms with Crippen molar-refractivity contribution < 1.29 is 19.2 Å². The average molecular weight is 367 g/mol. The van der Waals surface area contributed by atoms with Crippen LogP contribution in [-0.2, 0) is 4.79 Å². The van der Waals surface area contributed by atoms with Gasteiger partial charge in [0.15, 0.2) is 6.61 Å². The van der Waals surface area contributed by atoms with E-state index in [4.69, 9.17) is 9.47 Å². The Morgan fingerprint density at radius 2 is 1.70 bits per heavy atom. The van der Waals surface area contributed by atoms with Crippen LogP contribution in [0.3, 0.4) is 0 Å². The lowest BCUT2D eigenvalue weighted by molar-refractivity contribution is -0.898. The van der Waals surface area contributed by atoms with Crippen molar-refractivity contribution in [2.45, 2.75) is 0 Å². The predicted molar refractivity (Wildman–Crippen MR) is 106 cm³/mol. The minimum absolute atomic E-state index is 0.0460. The SMILES string of the molecule is COc1ccc(OCC(=O)N2CC[NH+](C/C=C/c3ccccc3)CC2)cc1. The molecule has 0 radical (unpaired) electrons. The third kappa shape index (κ3) is 5.86. The molecule has 5 heteroatoms. The third-order valence-electron chi connectivity index (χ3n) is 4.76. The molecule has 0 unspecified atom stereocenters. The van der Waals surface area contributed by atoms with Crippen molar-refractivity contribution in [2.75, 3.05) is 46.4 Å². The van der Waals surface area contributed by atoms with Gasteiger partial charge < -0.3 is 19.3 Å². The van der Waals surface area contributed by atoms with Gasteiger partial charge >= 0.3 is 0 Å². The number of carbonyl (C=O) groups excluding carboxylic acids is 1. The Morgan fingerprint density at radius 1 is 1.04 bits per heavy atom. The molecule has 0 aromatic heterocycles. The lowest BCUT2D eigenvalue weighted by atomic mass is 10.2. The topological polar surface area (TPSA) is 43.2 Å². The summed E-state index contributed by atoms with van der Waals surface area (Å²) in [6, 6.07) is 17.6. The van der Waals surface area contributed by atoms with Gasteiger partial charge in [0, 0.05) is 0 Å². The van der Waals surface area contributed by atoms with E-state index in [2.05, 4.69) is 24.3 Å². The van der Waals surface area contributed by atoms with Gasteiger partial charge in [0.25, 0.3) is 5.91 Å². The predicted octanol–water partition coefficient (Wildman–Crippen LogP) is 1.51. The van der Waals surface area contributed by atoms with E-state index in [1.165, 1.54) is 10.5 Å². The zero-order valence-corrected chi connectivity index (χ0v) is 15.8. The molecule has 1 aliphatic rings. The second-order valence-electron chi connectivity index (χ2n) is 6.61. The van der Waals surface area contributed by atoms with E-state index in [-0.39, 0.29) is 12.5 Å². The quantitative estimate of drug-likeness (QED) is 0.807. The van der Waals surface area contributed by atoms with E-state index < -0.39 is 0 Å². The molecular formula is C22H27N2O3+. The highest BCUT2D eigenvalue weighted by molar-refractivity contribution is 5.77. The first-order valence-electron chi connectivity index (χ1n) is 9.34. The minimum Gasteiger partial charge on any atom is -0.497 e. The molecule has 1 saturated heterocycles. The fourth-order valence-corrected chi connectivity index (χ4v) is 3.11. The van der Waals surface area contributed by atoms with E-state index >= 15 is 0 Å².